The Morgan fingerprint density at radius 3 is 2.64 bits per heavy atom. The summed E-state index contributed by atoms with van der Waals surface area (Å²) in [6, 6.07) is 10.3. The van der Waals surface area contributed by atoms with E-state index in [2.05, 4.69) is 39.9 Å². The van der Waals surface area contributed by atoms with Gasteiger partial charge in [0, 0.05) is 62.3 Å². The fourth-order valence-corrected chi connectivity index (χ4v) is 5.90. The molecule has 0 radical (unpaired) electrons. The lowest BCUT2D eigenvalue weighted by Crippen LogP contribution is -2.39. The maximum Gasteiger partial charge on any atom is 0.219 e. The quantitative estimate of drug-likeness (QED) is 0.512. The van der Waals surface area contributed by atoms with Crippen LogP contribution in [-0.2, 0) is 17.9 Å². The highest BCUT2D eigenvalue weighted by molar-refractivity contribution is 6.30. The lowest BCUT2D eigenvalue weighted by molar-refractivity contribution is -0.130. The maximum atomic E-state index is 11.6. The van der Waals surface area contributed by atoms with Gasteiger partial charge in [0.15, 0.2) is 5.65 Å². The largest absolute Gasteiger partial charge is 0.343 e. The van der Waals surface area contributed by atoms with Crippen molar-refractivity contribution in [3.05, 3.63) is 64.1 Å². The highest BCUT2D eigenvalue weighted by Crippen LogP contribution is 2.29. The van der Waals surface area contributed by atoms with E-state index in [9.17, 15) is 4.79 Å². The average Bonchev–Trinajstić information content (AvgIpc) is 3.21. The number of amides is 1. The number of aromatic nitrogens is 3. The molecule has 2 aromatic heterocycles. The van der Waals surface area contributed by atoms with Gasteiger partial charge in [-0.2, -0.15) is 5.10 Å². The third-order valence-electron chi connectivity index (χ3n) is 7.88. The maximum absolute atomic E-state index is 11.6. The lowest BCUT2D eigenvalue weighted by atomic mass is 9.94. The lowest BCUT2D eigenvalue weighted by Gasteiger charge is -2.33. The summed E-state index contributed by atoms with van der Waals surface area (Å²) in [5.41, 5.74) is 5.76. The molecule has 3 aromatic rings. The Labute approximate surface area is 218 Å². The third kappa shape index (κ3) is 5.74. The summed E-state index contributed by atoms with van der Waals surface area (Å²) in [5, 5.41) is 9.38. The van der Waals surface area contributed by atoms with Crippen LogP contribution >= 0.6 is 11.6 Å². The Bertz CT molecular complexity index is 1180. The van der Waals surface area contributed by atoms with Crippen molar-refractivity contribution < 1.29 is 4.79 Å². The SMILES string of the molecule is CC(=O)N1CCC(CNCc2c(C)nn3c([C@@H]4CCCN(Cc5ccc(Cl)cc5)C4)ccnc23)CC1. The van der Waals surface area contributed by atoms with E-state index in [1.54, 1.807) is 6.92 Å². The molecular formula is C28H37ClN6O. The molecule has 5 rings (SSSR count). The topological polar surface area (TPSA) is 65.8 Å². The molecule has 0 saturated carbocycles. The average molecular weight is 509 g/mol. The highest BCUT2D eigenvalue weighted by atomic mass is 35.5. The first kappa shape index (κ1) is 25.2. The zero-order valence-electron chi connectivity index (χ0n) is 21.4. The summed E-state index contributed by atoms with van der Waals surface area (Å²) in [6.45, 7) is 10.3. The first-order valence-corrected chi connectivity index (χ1v) is 13.6. The zero-order valence-corrected chi connectivity index (χ0v) is 22.2. The molecule has 1 aromatic carbocycles. The summed E-state index contributed by atoms with van der Waals surface area (Å²) in [6.07, 6.45) is 6.43. The summed E-state index contributed by atoms with van der Waals surface area (Å²) in [5.74, 6) is 1.24. The van der Waals surface area contributed by atoms with E-state index in [-0.39, 0.29) is 5.91 Å². The van der Waals surface area contributed by atoms with Crippen LogP contribution in [0.3, 0.4) is 0 Å². The van der Waals surface area contributed by atoms with Crippen LogP contribution in [-0.4, -0.2) is 63.0 Å². The Hall–Kier alpha value is -2.48. The van der Waals surface area contributed by atoms with E-state index in [1.165, 1.54) is 29.7 Å². The second-order valence-corrected chi connectivity index (χ2v) is 10.9. The molecule has 1 N–H and O–H groups in total. The minimum absolute atomic E-state index is 0.191. The van der Waals surface area contributed by atoms with Crippen molar-refractivity contribution in [2.24, 2.45) is 5.92 Å². The van der Waals surface area contributed by atoms with E-state index in [1.807, 2.05) is 23.2 Å². The predicted octanol–water partition coefficient (Wildman–Crippen LogP) is 4.42. The Morgan fingerprint density at radius 1 is 1.11 bits per heavy atom. The molecule has 4 heterocycles. The first-order valence-electron chi connectivity index (χ1n) is 13.2. The molecule has 2 aliphatic rings. The van der Waals surface area contributed by atoms with Crippen LogP contribution in [0.15, 0.2) is 36.5 Å². The standard InChI is InChI=1S/C28H37ClN6O/c1-20-26(17-30-16-22-10-14-34(15-11-22)21(2)36)28-31-12-9-27(35(28)32-20)24-4-3-13-33(19-24)18-23-5-7-25(29)8-6-23/h5-9,12,22,24,30H,3-4,10-11,13-19H2,1-2H3/t24-/m1/s1. The number of piperidine rings is 2. The summed E-state index contributed by atoms with van der Waals surface area (Å²) in [4.78, 5) is 20.8. The molecule has 8 heteroatoms. The first-order chi connectivity index (χ1) is 17.5. The minimum atomic E-state index is 0.191. The number of benzene rings is 1. The molecule has 1 amide bonds. The van der Waals surface area contributed by atoms with Crippen molar-refractivity contribution in [3.63, 3.8) is 0 Å². The van der Waals surface area contributed by atoms with Crippen LogP contribution < -0.4 is 5.32 Å². The summed E-state index contributed by atoms with van der Waals surface area (Å²) in [7, 11) is 0. The van der Waals surface area contributed by atoms with Gasteiger partial charge in [-0.1, -0.05) is 23.7 Å². The van der Waals surface area contributed by atoms with Crippen molar-refractivity contribution in [2.45, 2.75) is 58.5 Å². The molecule has 2 fully saturated rings. The number of nitrogens with one attached hydrogen (secondary N) is 1. The van der Waals surface area contributed by atoms with Gasteiger partial charge in [0.2, 0.25) is 5.91 Å². The number of fused-ring (bicyclic) bond motifs is 1. The van der Waals surface area contributed by atoms with E-state index < -0.39 is 0 Å². The van der Waals surface area contributed by atoms with Crippen molar-refractivity contribution in [2.75, 3.05) is 32.7 Å². The third-order valence-corrected chi connectivity index (χ3v) is 8.13. The van der Waals surface area contributed by atoms with Gasteiger partial charge >= 0.3 is 0 Å². The van der Waals surface area contributed by atoms with E-state index >= 15 is 0 Å². The van der Waals surface area contributed by atoms with Gasteiger partial charge in [-0.05, 0) is 75.4 Å². The van der Waals surface area contributed by atoms with Gasteiger partial charge in [-0.25, -0.2) is 9.50 Å². The van der Waals surface area contributed by atoms with Crippen LogP contribution in [0.2, 0.25) is 5.02 Å². The number of carbonyl (C=O) groups is 1. The molecule has 192 valence electrons. The molecule has 0 unspecified atom stereocenters. The van der Waals surface area contributed by atoms with Crippen molar-refractivity contribution >= 4 is 23.2 Å². The number of nitrogens with zero attached hydrogens (tertiary/aromatic N) is 5. The molecule has 0 aliphatic carbocycles. The predicted molar refractivity (Wildman–Crippen MR) is 143 cm³/mol. The van der Waals surface area contributed by atoms with E-state index in [4.69, 9.17) is 21.7 Å². The van der Waals surface area contributed by atoms with Crippen LogP contribution in [0.1, 0.15) is 61.0 Å². The summed E-state index contributed by atoms with van der Waals surface area (Å²) >= 11 is 6.07. The number of aryl methyl sites for hydroxylation is 1. The number of carbonyl (C=O) groups excluding carboxylic acids is 1. The molecule has 2 aliphatic heterocycles. The van der Waals surface area contributed by atoms with Gasteiger partial charge in [0.1, 0.15) is 0 Å². The highest BCUT2D eigenvalue weighted by Gasteiger charge is 2.25. The molecule has 0 spiro atoms. The molecule has 36 heavy (non-hydrogen) atoms. The molecule has 7 nitrogen and oxygen atoms in total. The van der Waals surface area contributed by atoms with Crippen LogP contribution in [0.5, 0.6) is 0 Å². The van der Waals surface area contributed by atoms with Gasteiger partial charge in [-0.3, -0.25) is 9.69 Å². The van der Waals surface area contributed by atoms with Gasteiger partial charge in [0.05, 0.1) is 11.4 Å². The second kappa shape index (κ2) is 11.3. The molecular weight excluding hydrogens is 472 g/mol. The summed E-state index contributed by atoms with van der Waals surface area (Å²) < 4.78 is 2.09. The second-order valence-electron chi connectivity index (χ2n) is 10.5. The van der Waals surface area contributed by atoms with Gasteiger partial charge < -0.3 is 10.2 Å². The fraction of sp³-hybridized carbons (Fsp3) is 0.536. The molecule has 0 bridgehead atoms. The molecule has 1 atom stereocenters. The Balaban J connectivity index is 1.23. The van der Waals surface area contributed by atoms with E-state index in [0.29, 0.717) is 11.8 Å². The fourth-order valence-electron chi connectivity index (χ4n) is 5.77. The van der Waals surface area contributed by atoms with Crippen LogP contribution in [0.4, 0.5) is 0 Å². The van der Waals surface area contributed by atoms with Crippen molar-refractivity contribution in [1.82, 2.24) is 29.7 Å². The Kier molecular flexibility index (Phi) is 7.89. The van der Waals surface area contributed by atoms with E-state index in [0.717, 1.165) is 75.0 Å². The number of hydrogen-bond donors (Lipinski definition) is 1. The van der Waals surface area contributed by atoms with Gasteiger partial charge in [0.25, 0.3) is 0 Å². The van der Waals surface area contributed by atoms with Crippen molar-refractivity contribution in [1.29, 1.82) is 0 Å². The van der Waals surface area contributed by atoms with Gasteiger partial charge in [-0.15, -0.1) is 0 Å². The molecule has 2 saturated heterocycles. The zero-order chi connectivity index (χ0) is 25.1. The number of likely N-dealkylation sites (tertiary alicyclic amines) is 2. The Morgan fingerprint density at radius 2 is 1.89 bits per heavy atom. The normalized spacial score (nSPS) is 19.8. The van der Waals surface area contributed by atoms with Crippen LogP contribution in [0, 0.1) is 12.8 Å². The number of hydrogen-bond acceptors (Lipinski definition) is 5. The smallest absolute Gasteiger partial charge is 0.219 e. The van der Waals surface area contributed by atoms with Crippen LogP contribution in [0.25, 0.3) is 5.65 Å². The number of rotatable bonds is 7. The number of halogens is 1. The monoisotopic (exact) mass is 508 g/mol. The minimum Gasteiger partial charge on any atom is -0.343 e. The van der Waals surface area contributed by atoms with Crippen molar-refractivity contribution in [3.8, 4) is 0 Å².